The fourth-order valence-electron chi connectivity index (χ4n) is 6.96. The summed E-state index contributed by atoms with van der Waals surface area (Å²) < 4.78 is 6.41. The maximum Gasteiger partial charge on any atom is 0.164 e. The predicted molar refractivity (Wildman–Crippen MR) is 201 cm³/mol. The first-order valence-corrected chi connectivity index (χ1v) is 16.4. The molecule has 0 aliphatic carbocycles. The van der Waals surface area contributed by atoms with Gasteiger partial charge in [-0.3, -0.25) is 0 Å². The molecule has 0 atom stereocenters. The number of fused-ring (bicyclic) bond motifs is 6. The highest BCUT2D eigenvalue weighted by Gasteiger charge is 2.18. The van der Waals surface area contributed by atoms with E-state index < -0.39 is 0 Å². The molecule has 0 aliphatic heterocycles. The lowest BCUT2D eigenvalue weighted by atomic mass is 10.00. The Morgan fingerprint density at radius 1 is 0.327 bits per heavy atom. The molecule has 0 saturated heterocycles. The van der Waals surface area contributed by atoms with Crippen LogP contribution in [0.3, 0.4) is 0 Å². The van der Waals surface area contributed by atoms with Crippen LogP contribution < -0.4 is 0 Å². The molecule has 0 fully saturated rings. The Morgan fingerprint density at radius 3 is 1.53 bits per heavy atom. The van der Waals surface area contributed by atoms with Crippen LogP contribution in [0, 0.1) is 0 Å². The Bertz CT molecular complexity index is 2890. The first kappa shape index (κ1) is 27.5. The second-order valence-electron chi connectivity index (χ2n) is 12.5. The summed E-state index contributed by atoms with van der Waals surface area (Å²) in [5, 5.41) is 9.10. The van der Waals surface area contributed by atoms with E-state index in [0.717, 1.165) is 60.4 Å². The smallest absolute Gasteiger partial charge is 0.164 e. The first-order chi connectivity index (χ1) is 24.2. The van der Waals surface area contributed by atoms with Gasteiger partial charge in [0.2, 0.25) is 0 Å². The SMILES string of the molecule is c1ccc2cc(-c3ccc(-c4nc(-c5ccc6ccccc6c5)nc(-c5cccc6oc7cc8ccccc8cc7c56)n4)cc3)ccc2c1. The van der Waals surface area contributed by atoms with Crippen LogP contribution in [0.25, 0.3) is 99.5 Å². The van der Waals surface area contributed by atoms with E-state index in [1.807, 2.05) is 12.1 Å². The van der Waals surface area contributed by atoms with Crippen molar-refractivity contribution in [3.05, 3.63) is 164 Å². The van der Waals surface area contributed by atoms with E-state index in [9.17, 15) is 0 Å². The van der Waals surface area contributed by atoms with Gasteiger partial charge in [-0.05, 0) is 73.8 Å². The average Bonchev–Trinajstić information content (AvgIpc) is 3.54. The van der Waals surface area contributed by atoms with Crippen molar-refractivity contribution in [2.45, 2.75) is 0 Å². The second-order valence-corrected chi connectivity index (χ2v) is 12.5. The van der Waals surface area contributed by atoms with Gasteiger partial charge in [0.1, 0.15) is 11.2 Å². The lowest BCUT2D eigenvalue weighted by molar-refractivity contribution is 0.669. The molecule has 4 heteroatoms. The summed E-state index contributed by atoms with van der Waals surface area (Å²) in [6.07, 6.45) is 0. The van der Waals surface area contributed by atoms with Crippen LogP contribution in [0.15, 0.2) is 168 Å². The van der Waals surface area contributed by atoms with Crippen LogP contribution in [-0.2, 0) is 0 Å². The maximum absolute atomic E-state index is 6.41. The molecule has 228 valence electrons. The van der Waals surface area contributed by atoms with Gasteiger partial charge in [0.05, 0.1) is 0 Å². The molecule has 0 bridgehead atoms. The van der Waals surface area contributed by atoms with Gasteiger partial charge >= 0.3 is 0 Å². The number of hydrogen-bond acceptors (Lipinski definition) is 4. The van der Waals surface area contributed by atoms with Crippen molar-refractivity contribution in [3.63, 3.8) is 0 Å². The minimum atomic E-state index is 0.605. The van der Waals surface area contributed by atoms with Crippen molar-refractivity contribution >= 4 is 54.3 Å². The van der Waals surface area contributed by atoms with Crippen molar-refractivity contribution in [1.29, 1.82) is 0 Å². The molecule has 4 nitrogen and oxygen atoms in total. The van der Waals surface area contributed by atoms with Crippen LogP contribution >= 0.6 is 0 Å². The van der Waals surface area contributed by atoms with E-state index in [2.05, 4.69) is 152 Å². The summed E-state index contributed by atoms with van der Waals surface area (Å²) in [5.74, 6) is 1.85. The quantitative estimate of drug-likeness (QED) is 0.195. The number of furan rings is 1. The number of rotatable bonds is 4. The van der Waals surface area contributed by atoms with E-state index >= 15 is 0 Å². The molecule has 0 unspecified atom stereocenters. The van der Waals surface area contributed by atoms with Gasteiger partial charge in [-0.25, -0.2) is 15.0 Å². The largest absolute Gasteiger partial charge is 0.456 e. The Balaban J connectivity index is 1.16. The number of hydrogen-bond donors (Lipinski definition) is 0. The molecule has 49 heavy (non-hydrogen) atoms. The van der Waals surface area contributed by atoms with Gasteiger partial charge in [0, 0.05) is 27.5 Å². The highest BCUT2D eigenvalue weighted by molar-refractivity contribution is 6.15. The molecule has 0 N–H and O–H groups in total. The van der Waals surface area contributed by atoms with Crippen LogP contribution in [0.1, 0.15) is 0 Å². The molecule has 0 amide bonds. The third-order valence-electron chi connectivity index (χ3n) is 9.47. The Morgan fingerprint density at radius 2 is 0.837 bits per heavy atom. The molecule has 0 radical (unpaired) electrons. The normalized spacial score (nSPS) is 11.7. The predicted octanol–water partition coefficient (Wildman–Crippen LogP) is 11.9. The van der Waals surface area contributed by atoms with Gasteiger partial charge in [-0.15, -0.1) is 0 Å². The fraction of sp³-hybridized carbons (Fsp3) is 0. The minimum Gasteiger partial charge on any atom is -0.456 e. The summed E-state index contributed by atoms with van der Waals surface area (Å²) >= 11 is 0. The van der Waals surface area contributed by atoms with E-state index in [4.69, 9.17) is 19.4 Å². The topological polar surface area (TPSA) is 51.8 Å². The molecular formula is C45H27N3O. The molecule has 2 heterocycles. The molecule has 10 rings (SSSR count). The summed E-state index contributed by atoms with van der Waals surface area (Å²) in [4.78, 5) is 15.4. The van der Waals surface area contributed by atoms with Gasteiger partial charge < -0.3 is 4.42 Å². The van der Waals surface area contributed by atoms with Crippen LogP contribution in [0.5, 0.6) is 0 Å². The number of benzene rings is 8. The zero-order valence-electron chi connectivity index (χ0n) is 26.3. The molecule has 0 spiro atoms. The minimum absolute atomic E-state index is 0.605. The van der Waals surface area contributed by atoms with Crippen molar-refractivity contribution in [2.75, 3.05) is 0 Å². The average molecular weight is 626 g/mol. The Labute approximate surface area is 282 Å². The third kappa shape index (κ3) is 4.73. The molecule has 8 aromatic carbocycles. The second kappa shape index (κ2) is 11.0. The van der Waals surface area contributed by atoms with E-state index in [0.29, 0.717) is 17.5 Å². The Hall–Kier alpha value is -6.65. The molecule has 0 aliphatic rings. The fourth-order valence-corrected chi connectivity index (χ4v) is 6.96. The maximum atomic E-state index is 6.41. The van der Waals surface area contributed by atoms with E-state index in [-0.39, 0.29) is 0 Å². The first-order valence-electron chi connectivity index (χ1n) is 16.4. The van der Waals surface area contributed by atoms with Crippen molar-refractivity contribution in [2.24, 2.45) is 0 Å². The lowest BCUT2D eigenvalue weighted by Gasteiger charge is -2.11. The molecule has 2 aromatic heterocycles. The van der Waals surface area contributed by atoms with Gasteiger partial charge in [0.15, 0.2) is 17.5 Å². The van der Waals surface area contributed by atoms with E-state index in [1.165, 1.54) is 21.7 Å². The summed E-state index contributed by atoms with van der Waals surface area (Å²) in [5.41, 5.74) is 6.72. The van der Waals surface area contributed by atoms with Crippen LogP contribution in [0.4, 0.5) is 0 Å². The van der Waals surface area contributed by atoms with Crippen molar-refractivity contribution < 1.29 is 4.42 Å². The molecule has 10 aromatic rings. The van der Waals surface area contributed by atoms with Gasteiger partial charge in [0.25, 0.3) is 0 Å². The lowest BCUT2D eigenvalue weighted by Crippen LogP contribution is -2.00. The molecular weight excluding hydrogens is 599 g/mol. The van der Waals surface area contributed by atoms with Crippen LogP contribution in [-0.4, -0.2) is 15.0 Å². The number of aromatic nitrogens is 3. The summed E-state index contributed by atoms with van der Waals surface area (Å²) in [7, 11) is 0. The molecule has 0 saturated carbocycles. The van der Waals surface area contributed by atoms with Gasteiger partial charge in [-0.2, -0.15) is 0 Å². The van der Waals surface area contributed by atoms with Crippen molar-refractivity contribution in [1.82, 2.24) is 15.0 Å². The summed E-state index contributed by atoms with van der Waals surface area (Å²) in [6, 6.07) is 57.1. The van der Waals surface area contributed by atoms with Gasteiger partial charge in [-0.1, -0.05) is 133 Å². The highest BCUT2D eigenvalue weighted by atomic mass is 16.3. The zero-order valence-corrected chi connectivity index (χ0v) is 26.3. The standard InChI is InChI=1S/C45H27N3O/c1-3-10-32-24-36(22-18-28(32)8-1)30-16-20-31(21-17-30)43-46-44(37-23-19-29-9-2-4-11-33(29)25-37)48-45(47-43)38-14-7-15-40-42(38)39-26-34-12-5-6-13-35(34)27-41(39)49-40/h1-27H. The monoisotopic (exact) mass is 625 g/mol. The zero-order chi connectivity index (χ0) is 32.3. The highest BCUT2D eigenvalue weighted by Crippen LogP contribution is 2.38. The van der Waals surface area contributed by atoms with Crippen LogP contribution in [0.2, 0.25) is 0 Å². The van der Waals surface area contributed by atoms with Crippen molar-refractivity contribution in [3.8, 4) is 45.3 Å². The summed E-state index contributed by atoms with van der Waals surface area (Å²) in [6.45, 7) is 0. The number of nitrogens with zero attached hydrogens (tertiary/aromatic N) is 3. The van der Waals surface area contributed by atoms with E-state index in [1.54, 1.807) is 0 Å². The Kier molecular flexibility index (Phi) is 6.15. The third-order valence-corrected chi connectivity index (χ3v) is 9.47.